The number of amides is 1. The quantitative estimate of drug-likeness (QED) is 0.206. The van der Waals surface area contributed by atoms with Crippen molar-refractivity contribution in [2.24, 2.45) is 0 Å². The monoisotopic (exact) mass is 574 g/mol. The molecule has 5 nitrogen and oxygen atoms in total. The lowest BCUT2D eigenvalue weighted by molar-refractivity contribution is 0.0604. The van der Waals surface area contributed by atoms with E-state index in [1.165, 1.54) is 11.3 Å². The summed E-state index contributed by atoms with van der Waals surface area (Å²) in [5, 5.41) is 4.85. The fourth-order valence-corrected chi connectivity index (χ4v) is 7.05. The molecule has 1 saturated carbocycles. The van der Waals surface area contributed by atoms with Gasteiger partial charge in [-0.25, -0.2) is 0 Å². The number of fused-ring (bicyclic) bond motifs is 1. The molecule has 7 heteroatoms. The smallest absolute Gasteiger partial charge is 0.266 e. The third kappa shape index (κ3) is 5.95. The summed E-state index contributed by atoms with van der Waals surface area (Å²) in [5.74, 6) is 0.787. The van der Waals surface area contributed by atoms with Crippen LogP contribution in [-0.2, 0) is 6.54 Å². The molecular formula is C33H35ClN2O3S. The van der Waals surface area contributed by atoms with Crippen molar-refractivity contribution < 1.29 is 14.3 Å². The number of hydrogen-bond donors (Lipinski definition) is 1. The number of carbonyl (C=O) groups is 2. The van der Waals surface area contributed by atoms with Crippen molar-refractivity contribution in [3.05, 3.63) is 87.8 Å². The summed E-state index contributed by atoms with van der Waals surface area (Å²) in [7, 11) is 2.01. The van der Waals surface area contributed by atoms with Crippen molar-refractivity contribution in [3.8, 4) is 16.9 Å². The summed E-state index contributed by atoms with van der Waals surface area (Å²) in [6, 6.07) is 22.3. The Morgan fingerprint density at radius 1 is 1.00 bits per heavy atom. The number of Topliss-reactive ketones (excluding diaryl/α,β-unsaturated/α-hetero) is 1. The summed E-state index contributed by atoms with van der Waals surface area (Å²) < 4.78 is 7.06. The van der Waals surface area contributed by atoms with Gasteiger partial charge in [0.25, 0.3) is 5.91 Å². The van der Waals surface area contributed by atoms with E-state index in [1.807, 2.05) is 79.5 Å². The number of halogens is 1. The fraction of sp³-hybridized carbons (Fsp3) is 0.333. The van der Waals surface area contributed by atoms with Crippen molar-refractivity contribution in [3.63, 3.8) is 0 Å². The molecule has 1 aromatic heterocycles. The molecule has 0 spiro atoms. The highest BCUT2D eigenvalue weighted by molar-refractivity contribution is 7.21. The average molecular weight is 575 g/mol. The Morgan fingerprint density at radius 3 is 2.35 bits per heavy atom. The normalized spacial score (nSPS) is 17.1. The molecule has 3 aromatic carbocycles. The third-order valence-electron chi connectivity index (χ3n) is 7.86. The van der Waals surface area contributed by atoms with Crippen LogP contribution >= 0.6 is 22.9 Å². The molecule has 0 aliphatic heterocycles. The van der Waals surface area contributed by atoms with Gasteiger partial charge in [-0.3, -0.25) is 9.59 Å². The van der Waals surface area contributed by atoms with E-state index in [1.54, 1.807) is 6.92 Å². The Hall–Kier alpha value is -3.19. The van der Waals surface area contributed by atoms with Gasteiger partial charge in [0.15, 0.2) is 5.78 Å². The van der Waals surface area contributed by atoms with Gasteiger partial charge in [-0.2, -0.15) is 0 Å². The largest absolute Gasteiger partial charge is 0.494 e. The average Bonchev–Trinajstić information content (AvgIpc) is 3.33. The lowest BCUT2D eigenvalue weighted by Crippen LogP contribution is -2.44. The molecule has 0 saturated heterocycles. The second-order valence-corrected chi connectivity index (χ2v) is 11.8. The van der Waals surface area contributed by atoms with E-state index in [9.17, 15) is 9.59 Å². The van der Waals surface area contributed by atoms with Crippen molar-refractivity contribution in [2.75, 3.05) is 13.7 Å². The highest BCUT2D eigenvalue weighted by Crippen LogP contribution is 2.38. The van der Waals surface area contributed by atoms with E-state index >= 15 is 0 Å². The zero-order chi connectivity index (χ0) is 28.2. The summed E-state index contributed by atoms with van der Waals surface area (Å²) in [4.78, 5) is 28.7. The summed E-state index contributed by atoms with van der Waals surface area (Å²) >= 11 is 8.27. The van der Waals surface area contributed by atoms with Gasteiger partial charge < -0.3 is 15.0 Å². The van der Waals surface area contributed by atoms with E-state index in [2.05, 4.69) is 11.4 Å². The maximum Gasteiger partial charge on any atom is 0.266 e. The molecule has 1 fully saturated rings. The maximum absolute atomic E-state index is 14.3. The van der Waals surface area contributed by atoms with Gasteiger partial charge >= 0.3 is 0 Å². The number of ether oxygens (including phenoxy) is 1. The second-order valence-electron chi connectivity index (χ2n) is 10.4. The zero-order valence-electron chi connectivity index (χ0n) is 23.2. The highest BCUT2D eigenvalue weighted by atomic mass is 35.5. The summed E-state index contributed by atoms with van der Waals surface area (Å²) in [6.45, 7) is 4.50. The minimum Gasteiger partial charge on any atom is -0.494 e. The number of ketones is 1. The molecule has 1 aliphatic carbocycles. The molecule has 0 unspecified atom stereocenters. The van der Waals surface area contributed by atoms with Gasteiger partial charge in [0.1, 0.15) is 10.6 Å². The number of benzene rings is 3. The number of thiophene rings is 1. The van der Waals surface area contributed by atoms with Gasteiger partial charge in [-0.05, 0) is 75.9 Å². The van der Waals surface area contributed by atoms with Crippen LogP contribution in [0.2, 0.25) is 5.02 Å². The number of rotatable bonds is 9. The molecule has 1 amide bonds. The number of carbonyl (C=O) groups excluding carboxylic acids is 2. The maximum atomic E-state index is 14.3. The zero-order valence-corrected chi connectivity index (χ0v) is 24.8. The molecule has 1 heterocycles. The lowest BCUT2D eigenvalue weighted by atomic mass is 9.89. The van der Waals surface area contributed by atoms with Gasteiger partial charge in [0.05, 0.1) is 11.6 Å². The molecule has 1 aliphatic rings. The van der Waals surface area contributed by atoms with Crippen LogP contribution < -0.4 is 10.1 Å². The van der Waals surface area contributed by atoms with E-state index in [0.29, 0.717) is 34.7 Å². The van der Waals surface area contributed by atoms with E-state index in [-0.39, 0.29) is 17.7 Å². The standard InChI is InChI=1S/C33H35ClN2O3S/c1-4-39-29-18-13-24(23-11-9-22(10-12-23)21(2)37)19-25(29)20-36(27-16-14-26(35-3)15-17-27)33(38)32-31(34)28-7-5-6-8-30(28)40-32/h5-13,18-19,26-27,35H,4,14-17,20H2,1-3H3. The van der Waals surface area contributed by atoms with Gasteiger partial charge in [-0.15, -0.1) is 11.3 Å². The molecule has 4 aromatic rings. The minimum atomic E-state index is -0.0298. The Morgan fingerprint density at radius 2 is 1.70 bits per heavy atom. The topological polar surface area (TPSA) is 58.6 Å². The fourth-order valence-electron chi connectivity index (χ4n) is 5.58. The highest BCUT2D eigenvalue weighted by Gasteiger charge is 2.32. The van der Waals surface area contributed by atoms with Crippen LogP contribution in [0.4, 0.5) is 0 Å². The van der Waals surface area contributed by atoms with E-state index in [4.69, 9.17) is 16.3 Å². The molecular weight excluding hydrogens is 540 g/mol. The van der Waals surface area contributed by atoms with Gasteiger partial charge in [0, 0.05) is 39.8 Å². The Balaban J connectivity index is 1.53. The molecule has 40 heavy (non-hydrogen) atoms. The van der Waals surface area contributed by atoms with Crippen molar-refractivity contribution in [1.82, 2.24) is 10.2 Å². The van der Waals surface area contributed by atoms with Crippen LogP contribution in [0.3, 0.4) is 0 Å². The van der Waals surface area contributed by atoms with Crippen molar-refractivity contribution >= 4 is 44.7 Å². The van der Waals surface area contributed by atoms with Crippen LogP contribution in [0, 0.1) is 0 Å². The van der Waals surface area contributed by atoms with E-state index < -0.39 is 0 Å². The Bertz CT molecular complexity index is 1510. The molecule has 0 radical (unpaired) electrons. The first-order chi connectivity index (χ1) is 19.4. The third-order valence-corrected chi connectivity index (χ3v) is 9.52. The Labute approximate surface area is 245 Å². The second kappa shape index (κ2) is 12.5. The molecule has 0 atom stereocenters. The lowest BCUT2D eigenvalue weighted by Gasteiger charge is -2.37. The van der Waals surface area contributed by atoms with Gasteiger partial charge in [0.2, 0.25) is 0 Å². The van der Waals surface area contributed by atoms with E-state index in [0.717, 1.165) is 58.2 Å². The van der Waals surface area contributed by atoms with Crippen LogP contribution in [0.25, 0.3) is 21.2 Å². The minimum absolute atomic E-state index is 0.0298. The van der Waals surface area contributed by atoms with Crippen LogP contribution in [0.15, 0.2) is 66.7 Å². The predicted octanol–water partition coefficient (Wildman–Crippen LogP) is 8.00. The first-order valence-electron chi connectivity index (χ1n) is 13.9. The number of hydrogen-bond acceptors (Lipinski definition) is 5. The Kier molecular flexibility index (Phi) is 8.89. The predicted molar refractivity (Wildman–Crippen MR) is 165 cm³/mol. The summed E-state index contributed by atoms with van der Waals surface area (Å²) in [6.07, 6.45) is 3.89. The van der Waals surface area contributed by atoms with Crippen LogP contribution in [0.1, 0.15) is 65.1 Å². The summed E-state index contributed by atoms with van der Waals surface area (Å²) in [5.41, 5.74) is 3.66. The first-order valence-corrected chi connectivity index (χ1v) is 15.1. The van der Waals surface area contributed by atoms with Crippen LogP contribution in [0.5, 0.6) is 5.75 Å². The molecule has 0 bridgehead atoms. The van der Waals surface area contributed by atoms with Gasteiger partial charge in [-0.1, -0.05) is 60.1 Å². The number of nitrogens with one attached hydrogen (secondary N) is 1. The number of nitrogens with zero attached hydrogens (tertiary/aromatic N) is 1. The van der Waals surface area contributed by atoms with Crippen molar-refractivity contribution in [1.29, 1.82) is 0 Å². The first kappa shape index (κ1) is 28.3. The van der Waals surface area contributed by atoms with Crippen LogP contribution in [-0.4, -0.2) is 42.3 Å². The molecule has 5 rings (SSSR count). The SMILES string of the molecule is CCOc1ccc(-c2ccc(C(C)=O)cc2)cc1CN(C(=O)c1sc2ccccc2c1Cl)C1CCC(NC)CC1. The molecule has 1 N–H and O–H groups in total. The molecule has 208 valence electrons. The van der Waals surface area contributed by atoms with Crippen molar-refractivity contribution in [2.45, 2.75) is 58.2 Å².